The lowest BCUT2D eigenvalue weighted by atomic mass is 9.90. The lowest BCUT2D eigenvalue weighted by Crippen LogP contribution is -2.63. The predicted molar refractivity (Wildman–Crippen MR) is 136 cm³/mol. The highest BCUT2D eigenvalue weighted by Gasteiger charge is 2.50. The number of thiazole rings is 1. The van der Waals surface area contributed by atoms with E-state index in [1.807, 2.05) is 50.4 Å². The third-order valence-corrected chi connectivity index (χ3v) is 5.51. The summed E-state index contributed by atoms with van der Waals surface area (Å²) in [5.74, 6) is -1.95. The largest absolute Gasteiger partial charge is 0.411 e. The van der Waals surface area contributed by atoms with Gasteiger partial charge < -0.3 is 25.8 Å². The minimum atomic E-state index is -1.78. The summed E-state index contributed by atoms with van der Waals surface area (Å²) in [7, 11) is 0. The van der Waals surface area contributed by atoms with Gasteiger partial charge >= 0.3 is 18.1 Å². The zero-order chi connectivity index (χ0) is 26.4. The van der Waals surface area contributed by atoms with Crippen LogP contribution in [-0.2, 0) is 20.7 Å². The molecule has 2 rings (SSSR count). The molecule has 1 unspecified atom stereocenters. The number of benzene rings is 1. The van der Waals surface area contributed by atoms with Gasteiger partial charge in [0, 0.05) is 30.0 Å². The summed E-state index contributed by atoms with van der Waals surface area (Å²) in [6.07, 6.45) is -1.26. The van der Waals surface area contributed by atoms with E-state index < -0.39 is 29.1 Å². The zero-order valence-corrected chi connectivity index (χ0v) is 22.1. The van der Waals surface area contributed by atoms with Crippen LogP contribution in [0.4, 0.5) is 14.7 Å². The number of anilines is 1. The summed E-state index contributed by atoms with van der Waals surface area (Å²) in [6, 6.07) is 7.78. The molecule has 1 heterocycles. The molecule has 0 aliphatic heterocycles. The molecule has 3 amide bonds. The molecular weight excluding hydrogens is 470 g/mol. The summed E-state index contributed by atoms with van der Waals surface area (Å²) in [4.78, 5) is 39.9. The Morgan fingerprint density at radius 2 is 1.66 bits per heavy atom. The molecule has 0 fully saturated rings. The fraction of sp³-hybridized carbons (Fsp3) is 0.500. The minimum Gasteiger partial charge on any atom is -0.392 e. The Morgan fingerprint density at radius 1 is 1.03 bits per heavy atom. The zero-order valence-electron chi connectivity index (χ0n) is 21.3. The summed E-state index contributed by atoms with van der Waals surface area (Å²) in [5.41, 5.74) is 6.62. The van der Waals surface area contributed by atoms with Crippen molar-refractivity contribution in [2.24, 2.45) is 11.1 Å². The predicted octanol–water partition coefficient (Wildman–Crippen LogP) is 4.22. The topological polar surface area (TPSA) is 145 Å². The number of rotatable bonds is 8. The quantitative estimate of drug-likeness (QED) is 0.393. The van der Waals surface area contributed by atoms with Gasteiger partial charge in [-0.25, -0.2) is 19.9 Å². The van der Waals surface area contributed by atoms with Crippen molar-refractivity contribution < 1.29 is 23.9 Å². The van der Waals surface area contributed by atoms with Crippen molar-refractivity contribution in [1.29, 1.82) is 0 Å². The van der Waals surface area contributed by atoms with Gasteiger partial charge in [0.2, 0.25) is 5.91 Å². The Morgan fingerprint density at radius 3 is 2.17 bits per heavy atom. The molecule has 1 aromatic carbocycles. The average Bonchev–Trinajstić information content (AvgIpc) is 3.13. The van der Waals surface area contributed by atoms with E-state index in [-0.39, 0.29) is 5.91 Å². The van der Waals surface area contributed by atoms with Gasteiger partial charge in [0.25, 0.3) is 0 Å². The van der Waals surface area contributed by atoms with Crippen molar-refractivity contribution in [3.05, 3.63) is 35.2 Å². The fourth-order valence-electron chi connectivity index (χ4n) is 3.10. The third kappa shape index (κ3) is 8.52. The number of nitrogens with two attached hydrogens (primary N) is 1. The summed E-state index contributed by atoms with van der Waals surface area (Å²) >= 11 is 1.36. The van der Waals surface area contributed by atoms with Crippen LogP contribution in [0.5, 0.6) is 0 Å². The van der Waals surface area contributed by atoms with Crippen molar-refractivity contribution in [2.75, 3.05) is 11.9 Å². The van der Waals surface area contributed by atoms with Gasteiger partial charge in [-0.05, 0) is 32.8 Å². The number of nitrogens with one attached hydrogen (secondary N) is 3. The molecule has 11 heteroatoms. The lowest BCUT2D eigenvalue weighted by molar-refractivity contribution is -0.243. The Kier molecular flexibility index (Phi) is 8.85. The number of carbonyl (C=O) groups is 3. The van der Waals surface area contributed by atoms with E-state index in [1.54, 1.807) is 20.8 Å². The highest BCUT2D eigenvalue weighted by atomic mass is 32.1. The molecule has 10 nitrogen and oxygen atoms in total. The first-order valence-electron chi connectivity index (χ1n) is 11.2. The first kappa shape index (κ1) is 28.1. The molecule has 5 N–H and O–H groups in total. The summed E-state index contributed by atoms with van der Waals surface area (Å²) in [6.45, 7) is 12.5. The molecule has 0 spiro atoms. The lowest BCUT2D eigenvalue weighted by Gasteiger charge is -2.42. The van der Waals surface area contributed by atoms with Crippen molar-refractivity contribution in [3.8, 4) is 11.3 Å². The van der Waals surface area contributed by atoms with Crippen molar-refractivity contribution >= 4 is 34.6 Å². The SMILES string of the molecule is CC(=O)Nc1nc(-c2ccc(CCNC(OC(N)=O)(OC(=O)NC(C)(C)C)C(C)(C)C)cc2)cs1. The van der Waals surface area contributed by atoms with Crippen LogP contribution in [-0.4, -0.2) is 41.1 Å². The molecule has 192 valence electrons. The van der Waals surface area contributed by atoms with Gasteiger partial charge in [-0.15, -0.1) is 11.3 Å². The highest BCUT2D eigenvalue weighted by Crippen LogP contribution is 2.33. The van der Waals surface area contributed by atoms with E-state index >= 15 is 0 Å². The molecule has 0 radical (unpaired) electrons. The van der Waals surface area contributed by atoms with Gasteiger partial charge in [0.05, 0.1) is 11.1 Å². The number of alkyl carbamates (subject to hydrolysis) is 1. The number of primary amides is 1. The van der Waals surface area contributed by atoms with Crippen LogP contribution in [0.2, 0.25) is 0 Å². The first-order valence-corrected chi connectivity index (χ1v) is 12.1. The van der Waals surface area contributed by atoms with E-state index in [0.29, 0.717) is 18.1 Å². The van der Waals surface area contributed by atoms with Gasteiger partial charge in [-0.3, -0.25) is 4.79 Å². The number of aromatic nitrogens is 1. The van der Waals surface area contributed by atoms with Gasteiger partial charge in [-0.1, -0.05) is 45.0 Å². The van der Waals surface area contributed by atoms with Crippen LogP contribution >= 0.6 is 11.3 Å². The van der Waals surface area contributed by atoms with E-state index in [2.05, 4.69) is 20.9 Å². The molecule has 1 aromatic heterocycles. The minimum absolute atomic E-state index is 0.166. The van der Waals surface area contributed by atoms with Crippen LogP contribution in [0.3, 0.4) is 0 Å². The van der Waals surface area contributed by atoms with E-state index in [1.165, 1.54) is 18.3 Å². The average molecular weight is 506 g/mol. The summed E-state index contributed by atoms with van der Waals surface area (Å²) < 4.78 is 11.0. The smallest absolute Gasteiger partial charge is 0.392 e. The van der Waals surface area contributed by atoms with Crippen molar-refractivity contribution in [3.63, 3.8) is 0 Å². The Balaban J connectivity index is 2.11. The molecule has 35 heavy (non-hydrogen) atoms. The maximum absolute atomic E-state index is 12.5. The van der Waals surface area contributed by atoms with Crippen molar-refractivity contribution in [1.82, 2.24) is 15.6 Å². The fourth-order valence-corrected chi connectivity index (χ4v) is 3.86. The number of hydrogen-bond donors (Lipinski definition) is 4. The normalized spacial score (nSPS) is 13.5. The van der Waals surface area contributed by atoms with Gasteiger partial charge in [0.15, 0.2) is 5.13 Å². The Bertz CT molecular complexity index is 1040. The molecule has 0 aliphatic rings. The molecule has 0 aliphatic carbocycles. The van der Waals surface area contributed by atoms with Gasteiger partial charge in [0.1, 0.15) is 0 Å². The number of amides is 3. The second-order valence-electron chi connectivity index (χ2n) is 10.1. The Labute approximate surface area is 210 Å². The number of nitrogens with zero attached hydrogens (tertiary/aromatic N) is 1. The third-order valence-electron chi connectivity index (χ3n) is 4.75. The van der Waals surface area contributed by atoms with E-state index in [9.17, 15) is 14.4 Å². The Hall–Kier alpha value is -3.18. The summed E-state index contributed by atoms with van der Waals surface area (Å²) in [5, 5.41) is 10.9. The van der Waals surface area contributed by atoms with Crippen LogP contribution in [0.1, 0.15) is 54.0 Å². The van der Waals surface area contributed by atoms with Crippen LogP contribution in [0.25, 0.3) is 11.3 Å². The maximum atomic E-state index is 12.5. The van der Waals surface area contributed by atoms with Crippen LogP contribution in [0.15, 0.2) is 29.6 Å². The molecule has 0 saturated carbocycles. The molecule has 0 bridgehead atoms. The number of ether oxygens (including phenoxy) is 2. The van der Waals surface area contributed by atoms with E-state index in [4.69, 9.17) is 15.2 Å². The highest BCUT2D eigenvalue weighted by molar-refractivity contribution is 7.14. The first-order chi connectivity index (χ1) is 16.1. The van der Waals surface area contributed by atoms with Gasteiger partial charge in [-0.2, -0.15) is 0 Å². The second kappa shape index (κ2) is 11.0. The monoisotopic (exact) mass is 505 g/mol. The van der Waals surface area contributed by atoms with Crippen molar-refractivity contribution in [2.45, 2.75) is 66.3 Å². The van der Waals surface area contributed by atoms with E-state index in [0.717, 1.165) is 16.8 Å². The maximum Gasteiger partial charge on any atom is 0.411 e. The van der Waals surface area contributed by atoms with Crippen LogP contribution < -0.4 is 21.7 Å². The molecule has 2 aromatic rings. The molecule has 1 atom stereocenters. The number of carbonyl (C=O) groups excluding carboxylic acids is 3. The molecular formula is C24H35N5O5S. The van der Waals surface area contributed by atoms with Crippen LogP contribution in [0, 0.1) is 5.41 Å². The number of hydrogen-bond acceptors (Lipinski definition) is 8. The standard InChI is InChI=1S/C24H35N5O5S/c1-15(30)27-20-28-18(14-35-20)17-10-8-16(9-11-17)12-13-26-24(22(2,3)4,33-19(25)31)34-21(32)29-23(5,6)7/h8-11,14,26H,12-13H2,1-7H3,(H2,25,31)(H,29,32)(H,27,28,30). The molecule has 0 saturated heterocycles. The second-order valence-corrected chi connectivity index (χ2v) is 11.0.